The standard InChI is InChI=1S/C42H72O14/c1-20(2)10-9-13-42(8,52)21-11-14-41(7)28(21)22(45)16-27-39(5)17-23(46)35(38(3,4)26(39)12-15-40(27,41)6)56-37-34(32(50)30(48)25(19-44)54-37)55-36-33(51)31(49)29(47)24(18-43)53-36/h10,21-37,43-52H,9,11-19H2,1-8H3/t21-,22+,23+,24+,25+,26-,27+,28-,29+,30+,31-,32-,33+,34+,35?,36-,37-,39-,40+,41+,42-/m0/s1. The lowest BCUT2D eigenvalue weighted by Gasteiger charge is -2.71. The van der Waals surface area contributed by atoms with Gasteiger partial charge in [-0.3, -0.25) is 0 Å². The largest absolute Gasteiger partial charge is 0.394 e. The summed E-state index contributed by atoms with van der Waals surface area (Å²) in [6.45, 7) is 15.7. The summed E-state index contributed by atoms with van der Waals surface area (Å²) in [7, 11) is 0. The van der Waals surface area contributed by atoms with Crippen LogP contribution in [-0.2, 0) is 18.9 Å². The Kier molecular flexibility index (Phi) is 12.7. The van der Waals surface area contributed by atoms with Gasteiger partial charge >= 0.3 is 0 Å². The zero-order chi connectivity index (χ0) is 41.5. The van der Waals surface area contributed by atoms with E-state index in [1.54, 1.807) is 0 Å². The van der Waals surface area contributed by atoms with Crippen LogP contribution >= 0.6 is 0 Å². The van der Waals surface area contributed by atoms with Crippen LogP contribution in [0, 0.1) is 45.3 Å². The third-order valence-corrected chi connectivity index (χ3v) is 16.5. The highest BCUT2D eigenvalue weighted by molar-refractivity contribution is 5.21. The van der Waals surface area contributed by atoms with E-state index in [2.05, 4.69) is 40.7 Å². The predicted molar refractivity (Wildman–Crippen MR) is 202 cm³/mol. The van der Waals surface area contributed by atoms with E-state index in [4.69, 9.17) is 18.9 Å². The summed E-state index contributed by atoms with van der Waals surface area (Å²) in [5.41, 5.74) is -1.25. The number of hydrogen-bond donors (Lipinski definition) is 10. The van der Waals surface area contributed by atoms with Gasteiger partial charge in [-0.25, -0.2) is 0 Å². The minimum absolute atomic E-state index is 0.00996. The van der Waals surface area contributed by atoms with E-state index in [1.165, 1.54) is 5.57 Å². The summed E-state index contributed by atoms with van der Waals surface area (Å²) >= 11 is 0. The Morgan fingerprint density at radius 1 is 0.732 bits per heavy atom. The van der Waals surface area contributed by atoms with Crippen molar-refractivity contribution in [1.82, 2.24) is 0 Å². The Balaban J connectivity index is 1.25. The average molecular weight is 801 g/mol. The summed E-state index contributed by atoms with van der Waals surface area (Å²) in [6, 6.07) is 0. The van der Waals surface area contributed by atoms with Gasteiger partial charge in [0.15, 0.2) is 12.6 Å². The Morgan fingerprint density at radius 3 is 1.93 bits per heavy atom. The fraction of sp³-hybridized carbons (Fsp3) is 0.952. The summed E-state index contributed by atoms with van der Waals surface area (Å²) < 4.78 is 24.1. The highest BCUT2D eigenvalue weighted by Crippen LogP contribution is 2.76. The van der Waals surface area contributed by atoms with Crippen molar-refractivity contribution in [3.8, 4) is 0 Å². The molecule has 56 heavy (non-hydrogen) atoms. The van der Waals surface area contributed by atoms with Crippen LogP contribution < -0.4 is 0 Å². The number of rotatable bonds is 10. The van der Waals surface area contributed by atoms with Crippen LogP contribution in [0.1, 0.15) is 107 Å². The first kappa shape index (κ1) is 44.7. The molecule has 2 aliphatic heterocycles. The highest BCUT2D eigenvalue weighted by Gasteiger charge is 2.72. The third kappa shape index (κ3) is 7.16. The molecular formula is C42H72O14. The smallest absolute Gasteiger partial charge is 0.187 e. The lowest BCUT2D eigenvalue weighted by molar-refractivity contribution is -0.383. The minimum Gasteiger partial charge on any atom is -0.394 e. The molecule has 6 rings (SSSR count). The SMILES string of the molecule is CC(C)=CCC[C@](C)(O)[C@H]1CC[C@]2(C)[C@@H]1[C@H](O)C[C@@H]1[C@@]3(C)C[C@@H](O)C(O[C@@H]4O[C@H](CO)[C@@H](O)[C@H](O)[C@H]4O[C@@H]4O[C@H](CO)[C@@H](O)[C@H](O)[C@H]4O)C(C)(C)[C@@H]3CC[C@]12C. The molecule has 2 heterocycles. The first-order chi connectivity index (χ1) is 26.0. The number of allylic oxidation sites excluding steroid dienone is 2. The van der Waals surface area contributed by atoms with Crippen LogP contribution in [0.2, 0.25) is 0 Å². The molecule has 0 radical (unpaired) electrons. The maximum atomic E-state index is 12.2. The van der Waals surface area contributed by atoms with Crippen molar-refractivity contribution in [3.05, 3.63) is 11.6 Å². The van der Waals surface area contributed by atoms with Gasteiger partial charge in [-0.05, 0) is 117 Å². The van der Waals surface area contributed by atoms with Crippen molar-refractivity contribution in [2.24, 2.45) is 45.3 Å². The van der Waals surface area contributed by atoms with Crippen LogP contribution in [0.25, 0.3) is 0 Å². The third-order valence-electron chi connectivity index (χ3n) is 16.5. The molecular weight excluding hydrogens is 728 g/mol. The summed E-state index contributed by atoms with van der Waals surface area (Å²) in [5.74, 6) is -0.0322. The summed E-state index contributed by atoms with van der Waals surface area (Å²) in [5, 5.41) is 110. The van der Waals surface area contributed by atoms with E-state index < -0.39 is 109 Å². The minimum atomic E-state index is -1.81. The number of fused-ring (bicyclic) bond motifs is 5. The Hall–Kier alpha value is -0.820. The van der Waals surface area contributed by atoms with Gasteiger partial charge in [0.2, 0.25) is 0 Å². The van der Waals surface area contributed by atoms with Crippen molar-refractivity contribution < 1.29 is 70.0 Å². The Morgan fingerprint density at radius 2 is 1.32 bits per heavy atom. The van der Waals surface area contributed by atoms with Crippen LogP contribution in [0.15, 0.2) is 11.6 Å². The lowest BCUT2D eigenvalue weighted by Crippen LogP contribution is -2.70. The van der Waals surface area contributed by atoms with Gasteiger partial charge in [-0.15, -0.1) is 0 Å². The van der Waals surface area contributed by atoms with Crippen molar-refractivity contribution in [3.63, 3.8) is 0 Å². The first-order valence-corrected chi connectivity index (χ1v) is 21.0. The van der Waals surface area contributed by atoms with E-state index in [0.29, 0.717) is 19.3 Å². The van der Waals surface area contributed by atoms with Crippen LogP contribution in [0.5, 0.6) is 0 Å². The normalized spacial score (nSPS) is 52.6. The van der Waals surface area contributed by atoms with E-state index in [0.717, 1.165) is 32.1 Å². The predicted octanol–water partition coefficient (Wildman–Crippen LogP) is 1.12. The molecule has 6 fully saturated rings. The Labute approximate surface area is 331 Å². The van der Waals surface area contributed by atoms with Crippen LogP contribution in [0.4, 0.5) is 0 Å². The van der Waals surface area contributed by atoms with E-state index in [1.807, 2.05) is 20.8 Å². The lowest BCUT2D eigenvalue weighted by atomic mass is 9.35. The molecule has 10 N–H and O–H groups in total. The second kappa shape index (κ2) is 15.9. The van der Waals surface area contributed by atoms with Crippen molar-refractivity contribution in [1.29, 1.82) is 0 Å². The average Bonchev–Trinajstić information content (AvgIpc) is 3.50. The molecule has 0 aromatic carbocycles. The molecule has 0 aromatic heterocycles. The molecule has 4 aliphatic carbocycles. The van der Waals surface area contributed by atoms with Crippen molar-refractivity contribution in [2.45, 2.75) is 192 Å². The van der Waals surface area contributed by atoms with Crippen molar-refractivity contribution in [2.75, 3.05) is 13.2 Å². The number of aliphatic hydroxyl groups is 10. The number of aliphatic hydroxyl groups excluding tert-OH is 9. The fourth-order valence-corrected chi connectivity index (χ4v) is 13.5. The maximum Gasteiger partial charge on any atom is 0.187 e. The quantitative estimate of drug-likeness (QED) is 0.110. The number of ether oxygens (including phenoxy) is 4. The molecule has 14 heteroatoms. The molecule has 0 amide bonds. The molecule has 324 valence electrons. The number of hydrogen-bond acceptors (Lipinski definition) is 14. The molecule has 0 spiro atoms. The van der Waals surface area contributed by atoms with Gasteiger partial charge in [0.25, 0.3) is 0 Å². The van der Waals surface area contributed by atoms with Crippen LogP contribution in [0.3, 0.4) is 0 Å². The maximum absolute atomic E-state index is 12.2. The monoisotopic (exact) mass is 800 g/mol. The van der Waals surface area contributed by atoms with Gasteiger partial charge in [0.1, 0.15) is 48.8 Å². The molecule has 6 aliphatic rings. The van der Waals surface area contributed by atoms with E-state index in [9.17, 15) is 51.1 Å². The second-order valence-electron chi connectivity index (χ2n) is 20.3. The summed E-state index contributed by atoms with van der Waals surface area (Å²) in [6.07, 6.45) is -10.5. The van der Waals surface area contributed by atoms with E-state index in [-0.39, 0.29) is 34.5 Å². The zero-order valence-electron chi connectivity index (χ0n) is 34.6. The molecule has 0 bridgehead atoms. The molecule has 0 aromatic rings. The zero-order valence-corrected chi connectivity index (χ0v) is 34.6. The summed E-state index contributed by atoms with van der Waals surface area (Å²) in [4.78, 5) is 0. The Bertz CT molecular complexity index is 1400. The second-order valence-corrected chi connectivity index (χ2v) is 20.3. The highest BCUT2D eigenvalue weighted by atomic mass is 16.8. The fourth-order valence-electron chi connectivity index (χ4n) is 13.5. The first-order valence-electron chi connectivity index (χ1n) is 21.0. The van der Waals surface area contributed by atoms with E-state index >= 15 is 0 Å². The van der Waals surface area contributed by atoms with Crippen molar-refractivity contribution >= 4 is 0 Å². The molecule has 14 nitrogen and oxygen atoms in total. The van der Waals surface area contributed by atoms with Gasteiger partial charge < -0.3 is 70.0 Å². The molecule has 2 saturated heterocycles. The van der Waals surface area contributed by atoms with Crippen LogP contribution in [-0.4, -0.2) is 150 Å². The van der Waals surface area contributed by atoms with Gasteiger partial charge in [0, 0.05) is 0 Å². The van der Waals surface area contributed by atoms with Gasteiger partial charge in [0.05, 0.1) is 37.1 Å². The molecule has 1 unspecified atom stereocenters. The topological polar surface area (TPSA) is 239 Å². The molecule has 21 atom stereocenters. The van der Waals surface area contributed by atoms with Gasteiger partial charge in [-0.2, -0.15) is 0 Å². The van der Waals surface area contributed by atoms with Gasteiger partial charge in [-0.1, -0.05) is 46.3 Å². The molecule has 4 saturated carbocycles.